The van der Waals surface area contributed by atoms with E-state index >= 15 is 0 Å². The Morgan fingerprint density at radius 3 is 2.06 bits per heavy atom. The molecule has 2 heterocycles. The van der Waals surface area contributed by atoms with Gasteiger partial charge in [0.05, 0.1) is 4.90 Å². The zero-order chi connectivity index (χ0) is 21.7. The lowest BCUT2D eigenvalue weighted by Crippen LogP contribution is -2.12. The van der Waals surface area contributed by atoms with Crippen LogP contribution in [0.3, 0.4) is 0 Å². The van der Waals surface area contributed by atoms with Crippen molar-refractivity contribution < 1.29 is 8.42 Å². The number of nitrogens with one attached hydrogen (secondary N) is 3. The summed E-state index contributed by atoms with van der Waals surface area (Å²) in [7, 11) is -3.64. The Balaban J connectivity index is 1.43. The molecule has 0 aliphatic carbocycles. The van der Waals surface area contributed by atoms with Gasteiger partial charge in [-0.15, -0.1) is 0 Å². The summed E-state index contributed by atoms with van der Waals surface area (Å²) in [5, 5.41) is 6.27. The summed E-state index contributed by atoms with van der Waals surface area (Å²) in [6, 6.07) is 20.9. The van der Waals surface area contributed by atoms with Crippen LogP contribution in [0.25, 0.3) is 0 Å². The van der Waals surface area contributed by atoms with Crippen LogP contribution in [0.1, 0.15) is 5.56 Å². The molecule has 0 fully saturated rings. The third kappa shape index (κ3) is 5.34. The monoisotopic (exact) mass is 432 g/mol. The molecule has 0 amide bonds. The molecule has 0 saturated heterocycles. The minimum atomic E-state index is -3.64. The van der Waals surface area contributed by atoms with Crippen molar-refractivity contribution in [2.75, 3.05) is 15.4 Å². The van der Waals surface area contributed by atoms with E-state index in [0.717, 1.165) is 11.3 Å². The summed E-state index contributed by atoms with van der Waals surface area (Å²) >= 11 is 0. The number of anilines is 5. The molecular formula is C22H20N6O2S. The third-order valence-corrected chi connectivity index (χ3v) is 5.73. The van der Waals surface area contributed by atoms with Crippen molar-refractivity contribution >= 4 is 38.9 Å². The zero-order valence-electron chi connectivity index (χ0n) is 16.6. The largest absolute Gasteiger partial charge is 0.340 e. The second-order valence-corrected chi connectivity index (χ2v) is 8.43. The molecule has 2 aromatic heterocycles. The Morgan fingerprint density at radius 1 is 0.710 bits per heavy atom. The van der Waals surface area contributed by atoms with Crippen molar-refractivity contribution in [1.82, 2.24) is 15.0 Å². The van der Waals surface area contributed by atoms with Gasteiger partial charge in [-0.1, -0.05) is 23.8 Å². The predicted molar refractivity (Wildman–Crippen MR) is 121 cm³/mol. The lowest BCUT2D eigenvalue weighted by Gasteiger charge is -2.11. The van der Waals surface area contributed by atoms with E-state index in [4.69, 9.17) is 0 Å². The Hall–Kier alpha value is -3.98. The fourth-order valence-electron chi connectivity index (χ4n) is 2.76. The van der Waals surface area contributed by atoms with Gasteiger partial charge in [-0.05, 0) is 55.5 Å². The molecule has 31 heavy (non-hydrogen) atoms. The Bertz CT molecular complexity index is 1260. The maximum absolute atomic E-state index is 12.5. The van der Waals surface area contributed by atoms with Crippen LogP contribution in [0, 0.1) is 6.92 Å². The highest BCUT2D eigenvalue weighted by Gasteiger charge is 2.13. The van der Waals surface area contributed by atoms with Crippen LogP contribution in [0.2, 0.25) is 0 Å². The summed E-state index contributed by atoms with van der Waals surface area (Å²) in [6.45, 7) is 1.91. The van der Waals surface area contributed by atoms with Gasteiger partial charge < -0.3 is 10.6 Å². The molecule has 0 unspecified atom stereocenters. The molecular weight excluding hydrogens is 412 g/mol. The first-order chi connectivity index (χ1) is 15.0. The number of aryl methyl sites for hydroxylation is 1. The highest BCUT2D eigenvalue weighted by molar-refractivity contribution is 7.92. The van der Waals surface area contributed by atoms with Crippen molar-refractivity contribution in [1.29, 1.82) is 0 Å². The number of hydrogen-bond acceptors (Lipinski definition) is 7. The van der Waals surface area contributed by atoms with Gasteiger partial charge in [0.1, 0.15) is 23.8 Å². The Morgan fingerprint density at radius 2 is 1.39 bits per heavy atom. The molecule has 2 aromatic carbocycles. The molecule has 4 rings (SSSR count). The van der Waals surface area contributed by atoms with E-state index < -0.39 is 10.0 Å². The quantitative estimate of drug-likeness (QED) is 0.395. The Labute approximate surface area is 180 Å². The summed E-state index contributed by atoms with van der Waals surface area (Å²) in [5.41, 5.74) is 2.21. The van der Waals surface area contributed by atoms with Crippen molar-refractivity contribution in [2.45, 2.75) is 11.8 Å². The fourth-order valence-corrected chi connectivity index (χ4v) is 3.82. The first-order valence-corrected chi connectivity index (χ1v) is 10.9. The van der Waals surface area contributed by atoms with Gasteiger partial charge in [0.15, 0.2) is 0 Å². The number of pyridine rings is 1. The number of nitrogens with zero attached hydrogens (tertiary/aromatic N) is 3. The van der Waals surface area contributed by atoms with Crippen LogP contribution in [0.15, 0.2) is 90.2 Å². The van der Waals surface area contributed by atoms with Gasteiger partial charge in [0.2, 0.25) is 0 Å². The van der Waals surface area contributed by atoms with E-state index in [9.17, 15) is 8.42 Å². The first-order valence-electron chi connectivity index (χ1n) is 9.45. The van der Waals surface area contributed by atoms with Crippen molar-refractivity contribution in [3.8, 4) is 0 Å². The van der Waals surface area contributed by atoms with Crippen LogP contribution in [0.4, 0.5) is 28.8 Å². The van der Waals surface area contributed by atoms with E-state index in [1.807, 2.05) is 25.1 Å². The van der Waals surface area contributed by atoms with E-state index in [1.54, 1.807) is 60.8 Å². The van der Waals surface area contributed by atoms with E-state index in [1.165, 1.54) is 6.33 Å². The number of sulfonamides is 1. The normalized spacial score (nSPS) is 11.0. The van der Waals surface area contributed by atoms with E-state index in [0.29, 0.717) is 23.1 Å². The van der Waals surface area contributed by atoms with Crippen molar-refractivity contribution in [3.05, 3.63) is 90.9 Å². The summed E-state index contributed by atoms with van der Waals surface area (Å²) in [6.07, 6.45) is 3.13. The van der Waals surface area contributed by atoms with Gasteiger partial charge >= 0.3 is 0 Å². The maximum Gasteiger partial charge on any atom is 0.261 e. The number of rotatable bonds is 7. The zero-order valence-corrected chi connectivity index (χ0v) is 17.5. The molecule has 0 atom stereocenters. The van der Waals surface area contributed by atoms with Crippen LogP contribution in [-0.2, 0) is 10.0 Å². The predicted octanol–water partition coefficient (Wildman–Crippen LogP) is 4.47. The number of aromatic nitrogens is 3. The van der Waals surface area contributed by atoms with E-state index in [2.05, 4.69) is 30.3 Å². The van der Waals surface area contributed by atoms with Gasteiger partial charge in [0.25, 0.3) is 10.0 Å². The molecule has 4 aromatic rings. The van der Waals surface area contributed by atoms with Crippen LogP contribution in [0.5, 0.6) is 0 Å². The lowest BCUT2D eigenvalue weighted by atomic mass is 10.2. The summed E-state index contributed by atoms with van der Waals surface area (Å²) in [4.78, 5) is 12.8. The SMILES string of the molecule is Cc1ccc(S(=O)(=O)Nc2ccc(Nc3cc(Nc4ccccn4)ncn3)cc2)cc1. The van der Waals surface area contributed by atoms with E-state index in [-0.39, 0.29) is 4.90 Å². The van der Waals surface area contributed by atoms with Crippen LogP contribution >= 0.6 is 0 Å². The molecule has 0 aliphatic rings. The second-order valence-electron chi connectivity index (χ2n) is 6.75. The molecule has 8 nitrogen and oxygen atoms in total. The summed E-state index contributed by atoms with van der Waals surface area (Å²) < 4.78 is 27.6. The Kier molecular flexibility index (Phi) is 5.76. The smallest absolute Gasteiger partial charge is 0.261 e. The first kappa shape index (κ1) is 20.3. The molecule has 156 valence electrons. The molecule has 0 saturated carbocycles. The van der Waals surface area contributed by atoms with Crippen molar-refractivity contribution in [2.24, 2.45) is 0 Å². The van der Waals surface area contributed by atoms with Gasteiger partial charge in [-0.25, -0.2) is 23.4 Å². The van der Waals surface area contributed by atoms with Gasteiger partial charge in [0, 0.05) is 23.6 Å². The number of hydrogen-bond donors (Lipinski definition) is 3. The van der Waals surface area contributed by atoms with Gasteiger partial charge in [-0.3, -0.25) is 4.72 Å². The van der Waals surface area contributed by atoms with Crippen LogP contribution < -0.4 is 15.4 Å². The molecule has 0 aliphatic heterocycles. The minimum Gasteiger partial charge on any atom is -0.340 e. The van der Waals surface area contributed by atoms with Crippen molar-refractivity contribution in [3.63, 3.8) is 0 Å². The number of benzene rings is 2. The minimum absolute atomic E-state index is 0.217. The fraction of sp³-hybridized carbons (Fsp3) is 0.0455. The van der Waals surface area contributed by atoms with Crippen LogP contribution in [-0.4, -0.2) is 23.4 Å². The second kappa shape index (κ2) is 8.80. The topological polar surface area (TPSA) is 109 Å². The highest BCUT2D eigenvalue weighted by Crippen LogP contribution is 2.22. The molecule has 0 spiro atoms. The highest BCUT2D eigenvalue weighted by atomic mass is 32.2. The average molecular weight is 433 g/mol. The lowest BCUT2D eigenvalue weighted by molar-refractivity contribution is 0.601. The summed E-state index contributed by atoms with van der Waals surface area (Å²) in [5.74, 6) is 1.86. The molecule has 0 bridgehead atoms. The molecule has 0 radical (unpaired) electrons. The van der Waals surface area contributed by atoms with Gasteiger partial charge in [-0.2, -0.15) is 0 Å². The maximum atomic E-state index is 12.5. The average Bonchev–Trinajstić information content (AvgIpc) is 2.76. The molecule has 3 N–H and O–H groups in total. The third-order valence-electron chi connectivity index (χ3n) is 4.33. The standard InChI is InChI=1S/C22H20N6O2S/c1-16-5-11-19(12-6-16)31(29,30)28-18-9-7-17(8-10-18)26-21-14-22(25-15-24-21)27-20-4-2-3-13-23-20/h2-15,28H,1H3,(H2,23,24,25,26,27). The molecule has 9 heteroatoms.